The second kappa shape index (κ2) is 10.2. The molecule has 1 aromatic heterocycles. The van der Waals surface area contributed by atoms with Crippen LogP contribution in [0, 0.1) is 5.92 Å². The van der Waals surface area contributed by atoms with Gasteiger partial charge >= 0.3 is 0 Å². The molecule has 0 saturated carbocycles. The number of amides is 1. The Balaban J connectivity index is 1.55. The Kier molecular flexibility index (Phi) is 7.37. The predicted molar refractivity (Wildman–Crippen MR) is 112 cm³/mol. The van der Waals surface area contributed by atoms with Crippen LogP contribution in [0.3, 0.4) is 0 Å². The summed E-state index contributed by atoms with van der Waals surface area (Å²) in [5, 5.41) is 3.22. The van der Waals surface area contributed by atoms with E-state index in [0.29, 0.717) is 6.54 Å². The number of piperidine rings is 1. The van der Waals surface area contributed by atoms with Gasteiger partial charge in [-0.25, -0.2) is 9.97 Å². The minimum Gasteiger partial charge on any atom is -0.354 e. The molecule has 6 nitrogen and oxygen atoms in total. The van der Waals surface area contributed by atoms with Crippen molar-refractivity contribution in [2.45, 2.75) is 32.7 Å². The number of anilines is 1. The Bertz CT molecular complexity index is 712. The molecule has 1 atom stereocenters. The average Bonchev–Trinajstić information content (AvgIpc) is 2.77. The number of hydrogen-bond acceptors (Lipinski definition) is 5. The smallest absolute Gasteiger partial charge is 0.225 e. The zero-order chi connectivity index (χ0) is 19.8. The van der Waals surface area contributed by atoms with Gasteiger partial charge in [0.1, 0.15) is 0 Å². The van der Waals surface area contributed by atoms with Gasteiger partial charge in [0, 0.05) is 37.9 Å². The topological polar surface area (TPSA) is 61.4 Å². The highest BCUT2D eigenvalue weighted by Crippen LogP contribution is 2.22. The van der Waals surface area contributed by atoms with Gasteiger partial charge in [-0.05, 0) is 37.6 Å². The Labute approximate surface area is 168 Å². The maximum Gasteiger partial charge on any atom is 0.225 e. The molecule has 1 unspecified atom stereocenters. The minimum atomic E-state index is 0.0630. The largest absolute Gasteiger partial charge is 0.354 e. The molecule has 1 aliphatic rings. The molecule has 1 aromatic carbocycles. The average molecular weight is 382 g/mol. The molecule has 2 aromatic rings. The van der Waals surface area contributed by atoms with Gasteiger partial charge in [0.15, 0.2) is 0 Å². The fraction of sp³-hybridized carbons (Fsp3) is 0.500. The first kappa shape index (κ1) is 20.3. The van der Waals surface area contributed by atoms with E-state index < -0.39 is 0 Å². The summed E-state index contributed by atoms with van der Waals surface area (Å²) in [5.74, 6) is 0.988. The van der Waals surface area contributed by atoms with Crippen molar-refractivity contribution in [3.63, 3.8) is 0 Å². The third kappa shape index (κ3) is 5.07. The Hall–Kier alpha value is -2.47. The van der Waals surface area contributed by atoms with E-state index in [9.17, 15) is 4.79 Å². The lowest BCUT2D eigenvalue weighted by Crippen LogP contribution is -2.44. The number of carbonyl (C=O) groups is 1. The van der Waals surface area contributed by atoms with Crippen molar-refractivity contribution in [2.24, 2.45) is 5.92 Å². The molecule has 6 heteroatoms. The number of nitrogens with one attached hydrogen (secondary N) is 1. The van der Waals surface area contributed by atoms with Crippen molar-refractivity contribution < 1.29 is 4.79 Å². The summed E-state index contributed by atoms with van der Waals surface area (Å²) >= 11 is 0. The zero-order valence-electron chi connectivity index (χ0n) is 16.9. The molecule has 28 heavy (non-hydrogen) atoms. The van der Waals surface area contributed by atoms with Crippen LogP contribution < -0.4 is 10.2 Å². The highest BCUT2D eigenvalue weighted by molar-refractivity contribution is 5.79. The van der Waals surface area contributed by atoms with Gasteiger partial charge in [-0.15, -0.1) is 0 Å². The first-order chi connectivity index (χ1) is 13.7. The number of rotatable bonds is 8. The van der Waals surface area contributed by atoms with Crippen LogP contribution in [-0.2, 0) is 4.79 Å². The third-order valence-corrected chi connectivity index (χ3v) is 5.61. The second-order valence-electron chi connectivity index (χ2n) is 7.20. The number of aromatic nitrogens is 2. The summed E-state index contributed by atoms with van der Waals surface area (Å²) in [5.41, 5.74) is 1.25. The zero-order valence-corrected chi connectivity index (χ0v) is 16.9. The second-order valence-corrected chi connectivity index (χ2v) is 7.20. The molecule has 0 spiro atoms. The molecule has 0 radical (unpaired) electrons. The molecule has 1 aliphatic heterocycles. The summed E-state index contributed by atoms with van der Waals surface area (Å²) in [7, 11) is 0. The molecule has 1 saturated heterocycles. The number of nitrogens with zero attached hydrogens (tertiary/aromatic N) is 4. The lowest BCUT2D eigenvalue weighted by Gasteiger charge is -2.33. The summed E-state index contributed by atoms with van der Waals surface area (Å²) < 4.78 is 0. The molecule has 2 heterocycles. The van der Waals surface area contributed by atoms with Crippen LogP contribution in [0.15, 0.2) is 48.8 Å². The normalized spacial score (nSPS) is 16.2. The minimum absolute atomic E-state index is 0.0630. The van der Waals surface area contributed by atoms with Crippen molar-refractivity contribution in [2.75, 3.05) is 37.6 Å². The first-order valence-electron chi connectivity index (χ1n) is 10.3. The van der Waals surface area contributed by atoms with Gasteiger partial charge in [-0.3, -0.25) is 9.69 Å². The van der Waals surface area contributed by atoms with Gasteiger partial charge in [0.2, 0.25) is 11.9 Å². The first-order valence-corrected chi connectivity index (χ1v) is 10.3. The summed E-state index contributed by atoms with van der Waals surface area (Å²) in [6, 6.07) is 12.5. The Morgan fingerprint density at radius 2 is 1.75 bits per heavy atom. The van der Waals surface area contributed by atoms with Gasteiger partial charge in [0.25, 0.3) is 0 Å². The van der Waals surface area contributed by atoms with E-state index in [1.165, 1.54) is 5.56 Å². The predicted octanol–water partition coefficient (Wildman–Crippen LogP) is 2.89. The maximum atomic E-state index is 12.8. The lowest BCUT2D eigenvalue weighted by atomic mass is 9.95. The number of likely N-dealkylation sites (N-methyl/N-ethyl adjacent to an activating group) is 1. The molecule has 150 valence electrons. The molecule has 1 amide bonds. The Morgan fingerprint density at radius 1 is 1.11 bits per heavy atom. The fourth-order valence-corrected chi connectivity index (χ4v) is 3.94. The summed E-state index contributed by atoms with van der Waals surface area (Å²) in [6.45, 7) is 8.54. The van der Waals surface area contributed by atoms with Crippen LogP contribution in [0.5, 0.6) is 0 Å². The lowest BCUT2D eigenvalue weighted by molar-refractivity contribution is -0.125. The van der Waals surface area contributed by atoms with E-state index in [4.69, 9.17) is 0 Å². The molecule has 3 rings (SSSR count). The van der Waals surface area contributed by atoms with Crippen molar-refractivity contribution in [1.82, 2.24) is 20.2 Å². The highest BCUT2D eigenvalue weighted by atomic mass is 16.1. The summed E-state index contributed by atoms with van der Waals surface area (Å²) in [6.07, 6.45) is 5.20. The van der Waals surface area contributed by atoms with E-state index in [1.54, 1.807) is 12.4 Å². The number of hydrogen-bond donors (Lipinski definition) is 1. The molecular weight excluding hydrogens is 350 g/mol. The molecule has 0 bridgehead atoms. The van der Waals surface area contributed by atoms with Crippen molar-refractivity contribution in [1.29, 1.82) is 0 Å². The van der Waals surface area contributed by atoms with E-state index in [-0.39, 0.29) is 17.9 Å². The van der Waals surface area contributed by atoms with Crippen LogP contribution in [0.2, 0.25) is 0 Å². The summed E-state index contributed by atoms with van der Waals surface area (Å²) in [4.78, 5) is 26.0. The van der Waals surface area contributed by atoms with Crippen LogP contribution in [0.25, 0.3) is 0 Å². The number of benzene rings is 1. The van der Waals surface area contributed by atoms with Crippen LogP contribution >= 0.6 is 0 Å². The molecule has 1 fully saturated rings. The fourth-order valence-electron chi connectivity index (χ4n) is 3.94. The monoisotopic (exact) mass is 381 g/mol. The van der Waals surface area contributed by atoms with Gasteiger partial charge in [0.05, 0.1) is 6.04 Å². The molecule has 1 N–H and O–H groups in total. The van der Waals surface area contributed by atoms with E-state index >= 15 is 0 Å². The Morgan fingerprint density at radius 3 is 2.36 bits per heavy atom. The quantitative estimate of drug-likeness (QED) is 0.762. The van der Waals surface area contributed by atoms with Crippen LogP contribution in [0.4, 0.5) is 5.95 Å². The van der Waals surface area contributed by atoms with Gasteiger partial charge in [-0.1, -0.05) is 44.2 Å². The van der Waals surface area contributed by atoms with Gasteiger partial charge < -0.3 is 10.2 Å². The van der Waals surface area contributed by atoms with Crippen LogP contribution in [0.1, 0.15) is 38.3 Å². The van der Waals surface area contributed by atoms with Gasteiger partial charge in [-0.2, -0.15) is 0 Å². The third-order valence-electron chi connectivity index (χ3n) is 5.61. The van der Waals surface area contributed by atoms with Crippen molar-refractivity contribution in [3.05, 3.63) is 54.4 Å². The molecular formula is C22H31N5O. The van der Waals surface area contributed by atoms with Crippen molar-refractivity contribution >= 4 is 11.9 Å². The van der Waals surface area contributed by atoms with E-state index in [1.807, 2.05) is 12.1 Å². The highest BCUT2D eigenvalue weighted by Gasteiger charge is 2.27. The maximum absolute atomic E-state index is 12.8. The van der Waals surface area contributed by atoms with Crippen LogP contribution in [-0.4, -0.2) is 53.5 Å². The van der Waals surface area contributed by atoms with E-state index in [0.717, 1.165) is 45.0 Å². The number of carbonyl (C=O) groups excluding carboxylic acids is 1. The standard InChI is InChI=1S/C22H31N5O/c1-3-26(4-2)20(18-9-6-5-7-10-18)17-25-21(28)19-11-15-27(16-12-19)22-23-13-8-14-24-22/h5-10,13-14,19-20H,3-4,11-12,15-17H2,1-2H3,(H,25,28). The van der Waals surface area contributed by atoms with Crippen molar-refractivity contribution in [3.8, 4) is 0 Å². The molecule has 0 aliphatic carbocycles. The van der Waals surface area contributed by atoms with E-state index in [2.05, 4.69) is 63.2 Å². The SMILES string of the molecule is CCN(CC)C(CNC(=O)C1CCN(c2ncccn2)CC1)c1ccccc1.